The highest BCUT2D eigenvalue weighted by molar-refractivity contribution is 7.08. The Hall–Kier alpha value is -2.01. The average Bonchev–Trinajstić information content (AvgIpc) is 2.82. The lowest BCUT2D eigenvalue weighted by Crippen LogP contribution is -2.06. The van der Waals surface area contributed by atoms with Gasteiger partial charge in [-0.2, -0.15) is 11.3 Å². The molecule has 0 fully saturated rings. The van der Waals surface area contributed by atoms with Gasteiger partial charge in [0.25, 0.3) is 0 Å². The van der Waals surface area contributed by atoms with Gasteiger partial charge in [-0.1, -0.05) is 0 Å². The minimum Gasteiger partial charge on any atom is -0.465 e. The summed E-state index contributed by atoms with van der Waals surface area (Å²) in [6, 6.07) is 5.11. The Morgan fingerprint density at radius 3 is 2.79 bits per heavy atom. The highest BCUT2D eigenvalue weighted by Crippen LogP contribution is 2.22. The van der Waals surface area contributed by atoms with Crippen LogP contribution < -0.4 is 11.1 Å². The van der Waals surface area contributed by atoms with Crippen LogP contribution in [-0.4, -0.2) is 13.1 Å². The number of hydrogen-bond acceptors (Lipinski definition) is 5. The van der Waals surface area contributed by atoms with E-state index in [1.54, 1.807) is 29.5 Å². The van der Waals surface area contributed by atoms with Crippen LogP contribution in [0.5, 0.6) is 0 Å². The summed E-state index contributed by atoms with van der Waals surface area (Å²) in [4.78, 5) is 11.4. The lowest BCUT2D eigenvalue weighted by atomic mass is 10.1. The molecule has 0 spiro atoms. The van der Waals surface area contributed by atoms with Crippen LogP contribution in [0.25, 0.3) is 0 Å². The Kier molecular flexibility index (Phi) is 4.06. The maximum Gasteiger partial charge on any atom is 0.337 e. The molecule has 1 aromatic carbocycles. The van der Waals surface area contributed by atoms with Crippen LogP contribution in [0.4, 0.5) is 11.4 Å². The maximum atomic E-state index is 11.4. The van der Waals surface area contributed by atoms with Gasteiger partial charge in [-0.15, -0.1) is 0 Å². The van der Waals surface area contributed by atoms with Crippen molar-refractivity contribution in [2.45, 2.75) is 13.5 Å². The number of thiophene rings is 1. The Balaban J connectivity index is 2.09. The predicted octanol–water partition coefficient (Wildman–Crippen LogP) is 3.04. The Labute approximate surface area is 116 Å². The fraction of sp³-hybridized carbons (Fsp3) is 0.214. The topological polar surface area (TPSA) is 64.3 Å². The molecule has 19 heavy (non-hydrogen) atoms. The van der Waals surface area contributed by atoms with E-state index in [2.05, 4.69) is 27.7 Å². The first-order valence-electron chi connectivity index (χ1n) is 5.85. The molecule has 1 aromatic heterocycles. The largest absolute Gasteiger partial charge is 0.465 e. The number of carbonyl (C=O) groups excluding carboxylic acids is 1. The molecule has 0 atom stereocenters. The van der Waals surface area contributed by atoms with E-state index in [1.807, 2.05) is 0 Å². The van der Waals surface area contributed by atoms with Crippen molar-refractivity contribution in [3.63, 3.8) is 0 Å². The van der Waals surface area contributed by atoms with Gasteiger partial charge in [-0.3, -0.25) is 0 Å². The second-order valence-electron chi connectivity index (χ2n) is 4.23. The molecule has 0 amide bonds. The third kappa shape index (κ3) is 3.06. The lowest BCUT2D eigenvalue weighted by molar-refractivity contribution is 0.0601. The molecule has 5 heteroatoms. The number of carbonyl (C=O) groups is 1. The second kappa shape index (κ2) is 5.75. The minimum absolute atomic E-state index is 0.382. The summed E-state index contributed by atoms with van der Waals surface area (Å²) in [5.41, 5.74) is 10.3. The third-order valence-electron chi connectivity index (χ3n) is 2.90. The van der Waals surface area contributed by atoms with Gasteiger partial charge in [0.05, 0.1) is 24.0 Å². The van der Waals surface area contributed by atoms with Crippen LogP contribution in [-0.2, 0) is 11.3 Å². The van der Waals surface area contributed by atoms with Gasteiger partial charge in [-0.25, -0.2) is 4.79 Å². The third-order valence-corrected chi connectivity index (χ3v) is 3.81. The standard InChI is InChI=1S/C14H16N2O2S/c1-9-7-19-8-11(9)6-16-13-4-3-10(5-12(13)15)14(17)18-2/h3-5,7-8,16H,6,15H2,1-2H3. The predicted molar refractivity (Wildman–Crippen MR) is 78.6 cm³/mol. The number of hydrogen-bond donors (Lipinski definition) is 2. The number of benzene rings is 1. The molecular formula is C14H16N2O2S. The van der Waals surface area contributed by atoms with E-state index < -0.39 is 0 Å². The molecule has 0 saturated carbocycles. The van der Waals surface area contributed by atoms with Gasteiger partial charge in [0.1, 0.15) is 0 Å². The van der Waals surface area contributed by atoms with E-state index in [-0.39, 0.29) is 5.97 Å². The number of methoxy groups -OCH3 is 1. The monoisotopic (exact) mass is 276 g/mol. The van der Waals surface area contributed by atoms with E-state index in [1.165, 1.54) is 18.2 Å². The number of rotatable bonds is 4. The highest BCUT2D eigenvalue weighted by Gasteiger charge is 2.08. The number of anilines is 2. The number of nitrogen functional groups attached to an aromatic ring is 1. The maximum absolute atomic E-state index is 11.4. The zero-order valence-corrected chi connectivity index (χ0v) is 11.7. The molecule has 0 unspecified atom stereocenters. The molecule has 2 aromatic rings. The SMILES string of the molecule is COC(=O)c1ccc(NCc2cscc2C)c(N)c1. The first kappa shape index (κ1) is 13.4. The molecule has 1 heterocycles. The van der Waals surface area contributed by atoms with Crippen molar-refractivity contribution in [1.82, 2.24) is 0 Å². The molecule has 0 aliphatic carbocycles. The highest BCUT2D eigenvalue weighted by atomic mass is 32.1. The van der Waals surface area contributed by atoms with Crippen molar-refractivity contribution in [3.8, 4) is 0 Å². The quantitative estimate of drug-likeness (QED) is 0.665. The van der Waals surface area contributed by atoms with Crippen molar-refractivity contribution < 1.29 is 9.53 Å². The van der Waals surface area contributed by atoms with Gasteiger partial charge < -0.3 is 15.8 Å². The van der Waals surface area contributed by atoms with Gasteiger partial charge in [-0.05, 0) is 47.0 Å². The van der Waals surface area contributed by atoms with E-state index in [4.69, 9.17) is 5.73 Å². The zero-order valence-electron chi connectivity index (χ0n) is 10.9. The molecule has 2 rings (SSSR count). The molecule has 100 valence electrons. The Morgan fingerprint density at radius 2 is 2.21 bits per heavy atom. The number of ether oxygens (including phenoxy) is 1. The van der Waals surface area contributed by atoms with Crippen LogP contribution in [0, 0.1) is 6.92 Å². The molecule has 0 aliphatic rings. The fourth-order valence-corrected chi connectivity index (χ4v) is 2.58. The summed E-state index contributed by atoms with van der Waals surface area (Å²) in [5.74, 6) is -0.382. The normalized spacial score (nSPS) is 10.2. The molecule has 0 bridgehead atoms. The molecule has 3 N–H and O–H groups in total. The van der Waals surface area contributed by atoms with E-state index in [0.29, 0.717) is 11.3 Å². The van der Waals surface area contributed by atoms with Crippen molar-refractivity contribution in [3.05, 3.63) is 45.6 Å². The lowest BCUT2D eigenvalue weighted by Gasteiger charge is -2.10. The van der Waals surface area contributed by atoms with Crippen LogP contribution in [0.3, 0.4) is 0 Å². The van der Waals surface area contributed by atoms with Crippen molar-refractivity contribution in [1.29, 1.82) is 0 Å². The van der Waals surface area contributed by atoms with Crippen molar-refractivity contribution >= 4 is 28.7 Å². The van der Waals surface area contributed by atoms with Gasteiger partial charge in [0.15, 0.2) is 0 Å². The molecule has 4 nitrogen and oxygen atoms in total. The summed E-state index contributed by atoms with van der Waals surface area (Å²) in [5, 5.41) is 7.49. The number of aryl methyl sites for hydroxylation is 1. The van der Waals surface area contributed by atoms with Crippen LogP contribution in [0.1, 0.15) is 21.5 Å². The average molecular weight is 276 g/mol. The smallest absolute Gasteiger partial charge is 0.337 e. The van der Waals surface area contributed by atoms with E-state index >= 15 is 0 Å². The second-order valence-corrected chi connectivity index (χ2v) is 4.97. The summed E-state index contributed by atoms with van der Waals surface area (Å²) in [6.45, 7) is 2.80. The molecule has 0 saturated heterocycles. The molecule has 0 radical (unpaired) electrons. The summed E-state index contributed by atoms with van der Waals surface area (Å²) < 4.78 is 4.65. The summed E-state index contributed by atoms with van der Waals surface area (Å²) >= 11 is 1.68. The van der Waals surface area contributed by atoms with Crippen LogP contribution in [0.15, 0.2) is 29.0 Å². The van der Waals surface area contributed by atoms with Crippen LogP contribution >= 0.6 is 11.3 Å². The van der Waals surface area contributed by atoms with Crippen molar-refractivity contribution in [2.75, 3.05) is 18.2 Å². The first-order chi connectivity index (χ1) is 9.11. The summed E-state index contributed by atoms with van der Waals surface area (Å²) in [6.07, 6.45) is 0. The van der Waals surface area contributed by atoms with E-state index in [0.717, 1.165) is 12.2 Å². The zero-order chi connectivity index (χ0) is 13.8. The minimum atomic E-state index is -0.382. The van der Waals surface area contributed by atoms with Gasteiger partial charge in [0.2, 0.25) is 0 Å². The number of esters is 1. The Morgan fingerprint density at radius 1 is 1.42 bits per heavy atom. The number of nitrogens with two attached hydrogens (primary N) is 1. The Bertz CT molecular complexity index is 593. The van der Waals surface area contributed by atoms with Crippen molar-refractivity contribution in [2.24, 2.45) is 0 Å². The van der Waals surface area contributed by atoms with Crippen LogP contribution in [0.2, 0.25) is 0 Å². The molecule has 0 aliphatic heterocycles. The first-order valence-corrected chi connectivity index (χ1v) is 6.79. The fourth-order valence-electron chi connectivity index (χ4n) is 1.73. The number of nitrogens with one attached hydrogen (secondary N) is 1. The van der Waals surface area contributed by atoms with Gasteiger partial charge in [0, 0.05) is 6.54 Å². The summed E-state index contributed by atoms with van der Waals surface area (Å²) in [7, 11) is 1.35. The van der Waals surface area contributed by atoms with Gasteiger partial charge >= 0.3 is 5.97 Å². The molecular weight excluding hydrogens is 260 g/mol. The van der Waals surface area contributed by atoms with E-state index in [9.17, 15) is 4.79 Å².